The Hall–Kier alpha value is -3.23. The predicted molar refractivity (Wildman–Crippen MR) is 134 cm³/mol. The molecule has 0 spiro atoms. The molecule has 0 fully saturated rings. The van der Waals surface area contributed by atoms with Crippen LogP contribution >= 0.6 is 9.24 Å². The van der Waals surface area contributed by atoms with Gasteiger partial charge in [0.25, 0.3) is 0 Å². The third-order valence-electron chi connectivity index (χ3n) is 5.40. The first-order valence-electron chi connectivity index (χ1n) is 10.7. The van der Waals surface area contributed by atoms with Gasteiger partial charge in [0, 0.05) is 10.9 Å². The standard InChI is InChI=1S/C27H26NO3P/c1-17(2)13-14-31-21-9-7-19(8-10-21)18-3-5-20(6-4-18)26-16-24(27(29)30)23-15-22(32)11-12-25(23)28-26/h3-12,15-17H,13-14,32H2,1-2H3,(H,29,30). The van der Waals surface area contributed by atoms with Crippen molar-refractivity contribution >= 4 is 31.4 Å². The van der Waals surface area contributed by atoms with E-state index in [9.17, 15) is 9.90 Å². The fourth-order valence-electron chi connectivity index (χ4n) is 3.56. The van der Waals surface area contributed by atoms with E-state index in [0.717, 1.165) is 40.8 Å². The quantitative estimate of drug-likeness (QED) is 0.346. The molecule has 4 aromatic rings. The highest BCUT2D eigenvalue weighted by Gasteiger charge is 2.13. The summed E-state index contributed by atoms with van der Waals surface area (Å²) in [6, 6.07) is 23.4. The van der Waals surface area contributed by atoms with Crippen LogP contribution in [0.1, 0.15) is 30.6 Å². The van der Waals surface area contributed by atoms with E-state index >= 15 is 0 Å². The SMILES string of the molecule is CC(C)CCOc1ccc(-c2ccc(-c3cc(C(=O)O)c4cc(P)ccc4n3)cc2)cc1. The van der Waals surface area contributed by atoms with Gasteiger partial charge in [-0.25, -0.2) is 9.78 Å². The highest BCUT2D eigenvalue weighted by Crippen LogP contribution is 2.28. The smallest absolute Gasteiger partial charge is 0.336 e. The zero-order valence-electron chi connectivity index (χ0n) is 18.2. The molecule has 0 bridgehead atoms. The molecule has 0 radical (unpaired) electrons. The summed E-state index contributed by atoms with van der Waals surface area (Å²) in [6.07, 6.45) is 1.04. The molecule has 1 aromatic heterocycles. The summed E-state index contributed by atoms with van der Waals surface area (Å²) in [7, 11) is 2.59. The molecule has 0 saturated heterocycles. The molecule has 5 heteroatoms. The summed E-state index contributed by atoms with van der Waals surface area (Å²) < 4.78 is 5.80. The zero-order valence-corrected chi connectivity index (χ0v) is 19.4. The summed E-state index contributed by atoms with van der Waals surface area (Å²) in [5.74, 6) is 0.544. The number of carboxylic acids is 1. The maximum Gasteiger partial charge on any atom is 0.336 e. The molecule has 4 rings (SSSR count). The second-order valence-electron chi connectivity index (χ2n) is 8.27. The van der Waals surface area contributed by atoms with Gasteiger partial charge in [0.1, 0.15) is 5.75 Å². The number of carbonyl (C=O) groups is 1. The Labute approximate surface area is 190 Å². The van der Waals surface area contributed by atoms with Crippen LogP contribution in [-0.2, 0) is 0 Å². The number of nitrogens with zero attached hydrogens (tertiary/aromatic N) is 1. The minimum Gasteiger partial charge on any atom is -0.494 e. The van der Waals surface area contributed by atoms with Crippen molar-refractivity contribution in [1.29, 1.82) is 0 Å². The van der Waals surface area contributed by atoms with Crippen LogP contribution in [-0.4, -0.2) is 22.7 Å². The number of hydrogen-bond acceptors (Lipinski definition) is 3. The van der Waals surface area contributed by atoms with Crippen molar-refractivity contribution in [1.82, 2.24) is 4.98 Å². The number of rotatable bonds is 7. The number of fused-ring (bicyclic) bond motifs is 1. The lowest BCUT2D eigenvalue weighted by Crippen LogP contribution is -2.02. The second-order valence-corrected chi connectivity index (χ2v) is 8.94. The molecule has 1 heterocycles. The molecule has 0 aliphatic heterocycles. The van der Waals surface area contributed by atoms with Gasteiger partial charge >= 0.3 is 5.97 Å². The van der Waals surface area contributed by atoms with Crippen molar-refractivity contribution in [2.24, 2.45) is 5.92 Å². The van der Waals surface area contributed by atoms with E-state index in [4.69, 9.17) is 9.72 Å². The molecule has 1 atom stereocenters. The van der Waals surface area contributed by atoms with E-state index in [1.165, 1.54) is 0 Å². The number of benzene rings is 3. The largest absolute Gasteiger partial charge is 0.494 e. The number of pyridine rings is 1. The molecule has 3 aromatic carbocycles. The summed E-state index contributed by atoms with van der Waals surface area (Å²) in [5, 5.41) is 11.3. The Morgan fingerprint density at radius 3 is 2.19 bits per heavy atom. The Morgan fingerprint density at radius 1 is 0.938 bits per heavy atom. The molecule has 0 aliphatic carbocycles. The van der Waals surface area contributed by atoms with E-state index in [-0.39, 0.29) is 5.56 Å². The van der Waals surface area contributed by atoms with Gasteiger partial charge in [0.05, 0.1) is 23.4 Å². The second kappa shape index (κ2) is 9.50. The molecular weight excluding hydrogens is 417 g/mol. The first kappa shape index (κ1) is 22.0. The Morgan fingerprint density at radius 2 is 1.56 bits per heavy atom. The summed E-state index contributed by atoms with van der Waals surface area (Å²) >= 11 is 0. The summed E-state index contributed by atoms with van der Waals surface area (Å²) in [4.78, 5) is 16.5. The minimum atomic E-state index is -0.957. The lowest BCUT2D eigenvalue weighted by molar-refractivity contribution is 0.0699. The zero-order chi connectivity index (χ0) is 22.7. The minimum absolute atomic E-state index is 0.256. The van der Waals surface area contributed by atoms with E-state index < -0.39 is 5.97 Å². The normalized spacial score (nSPS) is 11.1. The lowest BCUT2D eigenvalue weighted by Gasteiger charge is -2.10. The van der Waals surface area contributed by atoms with Crippen LogP contribution in [0.3, 0.4) is 0 Å². The summed E-state index contributed by atoms with van der Waals surface area (Å²) in [6.45, 7) is 5.10. The van der Waals surface area contributed by atoms with Crippen LogP contribution in [0, 0.1) is 5.92 Å². The van der Waals surface area contributed by atoms with E-state index in [1.54, 1.807) is 6.07 Å². The van der Waals surface area contributed by atoms with Crippen LogP contribution in [0.2, 0.25) is 0 Å². The average molecular weight is 443 g/mol. The first-order chi connectivity index (χ1) is 15.4. The van der Waals surface area contributed by atoms with Crippen molar-refractivity contribution < 1.29 is 14.6 Å². The maximum atomic E-state index is 11.8. The average Bonchev–Trinajstić information content (AvgIpc) is 2.78. The van der Waals surface area contributed by atoms with Crippen LogP contribution in [0.4, 0.5) is 0 Å². The van der Waals surface area contributed by atoms with Gasteiger partial charge in [0.2, 0.25) is 0 Å². The van der Waals surface area contributed by atoms with Crippen molar-refractivity contribution in [2.75, 3.05) is 6.61 Å². The van der Waals surface area contributed by atoms with Gasteiger partial charge in [-0.2, -0.15) is 0 Å². The molecule has 32 heavy (non-hydrogen) atoms. The predicted octanol–water partition coefficient (Wildman–Crippen LogP) is 6.19. The monoisotopic (exact) mass is 443 g/mol. The lowest BCUT2D eigenvalue weighted by atomic mass is 10.0. The van der Waals surface area contributed by atoms with Gasteiger partial charge < -0.3 is 9.84 Å². The Balaban J connectivity index is 1.58. The number of ether oxygens (including phenoxy) is 1. The topological polar surface area (TPSA) is 59.4 Å². The molecule has 1 N–H and O–H groups in total. The fourth-order valence-corrected chi connectivity index (χ4v) is 3.82. The Bertz CT molecular complexity index is 1250. The fraction of sp³-hybridized carbons (Fsp3) is 0.185. The molecule has 162 valence electrons. The van der Waals surface area contributed by atoms with Gasteiger partial charge in [0.15, 0.2) is 0 Å². The van der Waals surface area contributed by atoms with E-state index in [0.29, 0.717) is 22.5 Å². The van der Waals surface area contributed by atoms with E-state index in [2.05, 4.69) is 35.2 Å². The van der Waals surface area contributed by atoms with Gasteiger partial charge in [-0.1, -0.05) is 56.3 Å². The molecule has 1 unspecified atom stereocenters. The number of carboxylic acid groups (broad SMARTS) is 1. The van der Waals surface area contributed by atoms with Gasteiger partial charge in [-0.3, -0.25) is 0 Å². The van der Waals surface area contributed by atoms with Crippen molar-refractivity contribution in [3.8, 4) is 28.1 Å². The number of aromatic nitrogens is 1. The van der Waals surface area contributed by atoms with Crippen LogP contribution < -0.4 is 10.0 Å². The van der Waals surface area contributed by atoms with Crippen LogP contribution in [0.5, 0.6) is 5.75 Å². The van der Waals surface area contributed by atoms with Crippen molar-refractivity contribution in [3.63, 3.8) is 0 Å². The Kier molecular flexibility index (Phi) is 6.53. The number of aromatic carboxylic acids is 1. The third-order valence-corrected chi connectivity index (χ3v) is 5.75. The highest BCUT2D eigenvalue weighted by molar-refractivity contribution is 7.27. The molecular formula is C27H26NO3P. The molecule has 0 saturated carbocycles. The number of hydrogen-bond donors (Lipinski definition) is 1. The van der Waals surface area contributed by atoms with E-state index in [1.807, 2.05) is 54.6 Å². The molecule has 0 amide bonds. The maximum absolute atomic E-state index is 11.8. The van der Waals surface area contributed by atoms with Gasteiger partial charge in [-0.15, -0.1) is 9.24 Å². The van der Waals surface area contributed by atoms with Crippen LogP contribution in [0.25, 0.3) is 33.3 Å². The summed E-state index contributed by atoms with van der Waals surface area (Å²) in [5.41, 5.74) is 4.62. The molecule has 0 aliphatic rings. The first-order valence-corrected chi connectivity index (χ1v) is 11.3. The molecule has 4 nitrogen and oxygen atoms in total. The van der Waals surface area contributed by atoms with Crippen LogP contribution in [0.15, 0.2) is 72.8 Å². The van der Waals surface area contributed by atoms with Gasteiger partial charge in [-0.05, 0) is 59.1 Å². The van der Waals surface area contributed by atoms with Crippen molar-refractivity contribution in [3.05, 3.63) is 78.4 Å². The highest BCUT2D eigenvalue weighted by atomic mass is 31.0. The third kappa shape index (κ3) is 4.98. The van der Waals surface area contributed by atoms with Crippen molar-refractivity contribution in [2.45, 2.75) is 20.3 Å².